The summed E-state index contributed by atoms with van der Waals surface area (Å²) in [7, 11) is 0. The van der Waals surface area contributed by atoms with Crippen LogP contribution < -0.4 is 4.90 Å². The maximum absolute atomic E-state index is 12.9. The van der Waals surface area contributed by atoms with Crippen molar-refractivity contribution in [2.75, 3.05) is 31.1 Å². The predicted octanol–water partition coefficient (Wildman–Crippen LogP) is 3.92. The van der Waals surface area contributed by atoms with Crippen molar-refractivity contribution >= 4 is 11.6 Å². The molecule has 1 saturated carbocycles. The lowest BCUT2D eigenvalue weighted by molar-refractivity contribution is -0.122. The molecule has 1 saturated heterocycles. The van der Waals surface area contributed by atoms with E-state index in [4.69, 9.17) is 0 Å². The third-order valence-corrected chi connectivity index (χ3v) is 6.75. The Morgan fingerprint density at radius 2 is 1.96 bits per heavy atom. The Bertz CT molecular complexity index is 668. The van der Waals surface area contributed by atoms with E-state index >= 15 is 0 Å². The molecule has 2 aliphatic heterocycles. The highest BCUT2D eigenvalue weighted by atomic mass is 16.3. The van der Waals surface area contributed by atoms with E-state index in [1.807, 2.05) is 11.0 Å². The van der Waals surface area contributed by atoms with E-state index in [0.717, 1.165) is 62.5 Å². The largest absolute Gasteiger partial charge is 0.387 e. The number of aliphatic hydroxyl groups excluding tert-OH is 1. The van der Waals surface area contributed by atoms with Gasteiger partial charge >= 0.3 is 0 Å². The summed E-state index contributed by atoms with van der Waals surface area (Å²) in [6.45, 7) is 6.04. The SMILES string of the molecule is C[C@H]1CCCN(C[C@H](O)c2ccc3c(c2)CCCN3C(=O)C2CCCC2)C1. The Morgan fingerprint density at radius 3 is 2.74 bits per heavy atom. The monoisotopic (exact) mass is 370 g/mol. The fourth-order valence-corrected chi connectivity index (χ4v) is 5.25. The first-order valence-electron chi connectivity index (χ1n) is 11.0. The molecule has 3 aliphatic rings. The third kappa shape index (κ3) is 4.22. The van der Waals surface area contributed by atoms with Crippen LogP contribution in [0.3, 0.4) is 0 Å². The number of hydrogen-bond donors (Lipinski definition) is 1. The summed E-state index contributed by atoms with van der Waals surface area (Å²) in [5.41, 5.74) is 3.32. The number of β-amino-alcohol motifs (C(OH)–C–C–N with tert-alkyl or cyclic N) is 1. The lowest BCUT2D eigenvalue weighted by atomic mass is 9.95. The summed E-state index contributed by atoms with van der Waals surface area (Å²) in [6.07, 6.45) is 8.61. The number of likely N-dealkylation sites (tertiary alicyclic amines) is 1. The zero-order chi connectivity index (χ0) is 18.8. The molecule has 4 rings (SSSR count). The van der Waals surface area contributed by atoms with Crippen molar-refractivity contribution in [3.63, 3.8) is 0 Å². The summed E-state index contributed by atoms with van der Waals surface area (Å²) in [4.78, 5) is 17.4. The molecule has 4 heteroatoms. The van der Waals surface area contributed by atoms with Crippen molar-refractivity contribution in [3.05, 3.63) is 29.3 Å². The second-order valence-corrected chi connectivity index (χ2v) is 8.99. The highest BCUT2D eigenvalue weighted by molar-refractivity contribution is 5.96. The maximum Gasteiger partial charge on any atom is 0.230 e. The number of fused-ring (bicyclic) bond motifs is 1. The van der Waals surface area contributed by atoms with Gasteiger partial charge in [0.2, 0.25) is 5.91 Å². The van der Waals surface area contributed by atoms with Gasteiger partial charge in [0.05, 0.1) is 6.10 Å². The van der Waals surface area contributed by atoms with Crippen molar-refractivity contribution in [2.45, 2.75) is 64.4 Å². The highest BCUT2D eigenvalue weighted by Crippen LogP contribution is 2.34. The van der Waals surface area contributed by atoms with E-state index in [-0.39, 0.29) is 5.92 Å². The van der Waals surface area contributed by atoms with E-state index in [2.05, 4.69) is 24.0 Å². The third-order valence-electron chi connectivity index (χ3n) is 6.75. The number of rotatable bonds is 4. The van der Waals surface area contributed by atoms with Crippen LogP contribution in [0, 0.1) is 11.8 Å². The summed E-state index contributed by atoms with van der Waals surface area (Å²) in [5.74, 6) is 1.27. The van der Waals surface area contributed by atoms with Crippen LogP contribution in [0.25, 0.3) is 0 Å². The van der Waals surface area contributed by atoms with Gasteiger partial charge < -0.3 is 14.9 Å². The molecular formula is C23H34N2O2. The number of aliphatic hydroxyl groups is 1. The number of nitrogens with zero attached hydrogens (tertiary/aromatic N) is 2. The summed E-state index contributed by atoms with van der Waals surface area (Å²) < 4.78 is 0. The molecule has 4 nitrogen and oxygen atoms in total. The fourth-order valence-electron chi connectivity index (χ4n) is 5.25. The molecule has 0 spiro atoms. The van der Waals surface area contributed by atoms with Crippen molar-refractivity contribution in [3.8, 4) is 0 Å². The smallest absolute Gasteiger partial charge is 0.230 e. The second-order valence-electron chi connectivity index (χ2n) is 8.99. The number of piperidine rings is 1. The van der Waals surface area contributed by atoms with E-state index in [1.54, 1.807) is 0 Å². The second kappa shape index (κ2) is 8.32. The molecule has 0 aromatic heterocycles. The lowest BCUT2D eigenvalue weighted by Crippen LogP contribution is -2.39. The van der Waals surface area contributed by atoms with Crippen LogP contribution in [0.15, 0.2) is 18.2 Å². The molecule has 1 aromatic carbocycles. The van der Waals surface area contributed by atoms with Crippen molar-refractivity contribution in [2.24, 2.45) is 11.8 Å². The predicted molar refractivity (Wildman–Crippen MR) is 109 cm³/mol. The van der Waals surface area contributed by atoms with Crippen molar-refractivity contribution < 1.29 is 9.90 Å². The zero-order valence-corrected chi connectivity index (χ0v) is 16.7. The number of benzene rings is 1. The lowest BCUT2D eigenvalue weighted by Gasteiger charge is -2.34. The maximum atomic E-state index is 12.9. The molecule has 1 N–H and O–H groups in total. The number of hydrogen-bond acceptors (Lipinski definition) is 3. The van der Waals surface area contributed by atoms with Gasteiger partial charge in [0.15, 0.2) is 0 Å². The molecule has 0 bridgehead atoms. The minimum absolute atomic E-state index is 0.224. The normalized spacial score (nSPS) is 25.4. The molecule has 2 heterocycles. The van der Waals surface area contributed by atoms with Gasteiger partial charge in [0.25, 0.3) is 0 Å². The van der Waals surface area contributed by atoms with Crippen LogP contribution in [0.5, 0.6) is 0 Å². The van der Waals surface area contributed by atoms with Gasteiger partial charge in [0, 0.05) is 31.2 Å². The van der Waals surface area contributed by atoms with Crippen LogP contribution in [-0.2, 0) is 11.2 Å². The Balaban J connectivity index is 1.46. The topological polar surface area (TPSA) is 43.8 Å². The standard InChI is InChI=1S/C23H34N2O2/c1-17-6-4-12-24(15-17)16-22(26)20-10-11-21-19(14-20)9-5-13-25(21)23(27)18-7-2-3-8-18/h10-11,14,17-18,22,26H,2-9,12-13,15-16H2,1H3/t17-,22-/m0/s1. The van der Waals surface area contributed by atoms with Crippen LogP contribution in [0.1, 0.15) is 69.1 Å². The van der Waals surface area contributed by atoms with E-state index in [0.29, 0.717) is 12.5 Å². The molecular weight excluding hydrogens is 336 g/mol. The van der Waals surface area contributed by atoms with Crippen molar-refractivity contribution in [1.82, 2.24) is 4.90 Å². The van der Waals surface area contributed by atoms with Crippen LogP contribution in [0.2, 0.25) is 0 Å². The van der Waals surface area contributed by atoms with Crippen LogP contribution >= 0.6 is 0 Å². The average Bonchev–Trinajstić information content (AvgIpc) is 3.21. The molecule has 2 atom stereocenters. The number of anilines is 1. The molecule has 27 heavy (non-hydrogen) atoms. The van der Waals surface area contributed by atoms with Gasteiger partial charge in [-0.3, -0.25) is 4.79 Å². The molecule has 1 aromatic rings. The van der Waals surface area contributed by atoms with E-state index in [1.165, 1.54) is 31.2 Å². The quantitative estimate of drug-likeness (QED) is 0.874. The summed E-state index contributed by atoms with van der Waals surface area (Å²) in [5, 5.41) is 10.8. The van der Waals surface area contributed by atoms with Crippen molar-refractivity contribution in [1.29, 1.82) is 0 Å². The van der Waals surface area contributed by atoms with Gasteiger partial charge in [-0.25, -0.2) is 0 Å². The van der Waals surface area contributed by atoms with Crippen LogP contribution in [-0.4, -0.2) is 42.1 Å². The Kier molecular flexibility index (Phi) is 5.84. The molecule has 2 fully saturated rings. The average molecular weight is 371 g/mol. The van der Waals surface area contributed by atoms with Crippen LogP contribution in [0.4, 0.5) is 5.69 Å². The van der Waals surface area contributed by atoms with Gasteiger partial charge in [-0.15, -0.1) is 0 Å². The van der Waals surface area contributed by atoms with E-state index < -0.39 is 6.10 Å². The zero-order valence-electron chi connectivity index (χ0n) is 16.7. The molecule has 0 radical (unpaired) electrons. The summed E-state index contributed by atoms with van der Waals surface area (Å²) in [6, 6.07) is 6.28. The number of carbonyl (C=O) groups excluding carboxylic acids is 1. The van der Waals surface area contributed by atoms with Gasteiger partial charge in [0.1, 0.15) is 0 Å². The number of carbonyl (C=O) groups is 1. The number of aryl methyl sites for hydroxylation is 1. The molecule has 1 amide bonds. The fraction of sp³-hybridized carbons (Fsp3) is 0.696. The Hall–Kier alpha value is -1.39. The first-order chi connectivity index (χ1) is 13.1. The molecule has 0 unspecified atom stereocenters. The van der Waals surface area contributed by atoms with Gasteiger partial charge in [-0.1, -0.05) is 31.9 Å². The minimum Gasteiger partial charge on any atom is -0.387 e. The molecule has 1 aliphatic carbocycles. The number of amides is 1. The van der Waals surface area contributed by atoms with Gasteiger partial charge in [-0.2, -0.15) is 0 Å². The first kappa shape index (κ1) is 18.9. The van der Waals surface area contributed by atoms with E-state index in [9.17, 15) is 9.90 Å². The Morgan fingerprint density at radius 1 is 1.15 bits per heavy atom. The summed E-state index contributed by atoms with van der Waals surface area (Å²) >= 11 is 0. The highest BCUT2D eigenvalue weighted by Gasteiger charge is 2.31. The Labute approximate surface area is 163 Å². The molecule has 148 valence electrons. The first-order valence-corrected chi connectivity index (χ1v) is 11.0. The van der Waals surface area contributed by atoms with Gasteiger partial charge in [-0.05, 0) is 68.2 Å². The minimum atomic E-state index is -0.443.